The highest BCUT2D eigenvalue weighted by Crippen LogP contribution is 2.37. The Morgan fingerprint density at radius 3 is 2.85 bits per heavy atom. The second-order valence-corrected chi connectivity index (χ2v) is 5.27. The van der Waals surface area contributed by atoms with Gasteiger partial charge >= 0.3 is 0 Å². The lowest BCUT2D eigenvalue weighted by molar-refractivity contribution is 0.475. The van der Waals surface area contributed by atoms with E-state index in [1.165, 1.54) is 18.5 Å². The molecule has 0 unspecified atom stereocenters. The van der Waals surface area contributed by atoms with Crippen LogP contribution in [0.2, 0.25) is 10.0 Å². The number of aromatic hydroxyl groups is 1. The molecule has 0 bridgehead atoms. The van der Waals surface area contributed by atoms with Gasteiger partial charge in [0.25, 0.3) is 0 Å². The van der Waals surface area contributed by atoms with E-state index in [0.717, 1.165) is 11.5 Å². The van der Waals surface area contributed by atoms with E-state index in [-0.39, 0.29) is 15.8 Å². The van der Waals surface area contributed by atoms with E-state index in [2.05, 4.69) is 24.6 Å². The molecule has 0 amide bonds. The highest BCUT2D eigenvalue weighted by Gasteiger charge is 2.08. The quantitative estimate of drug-likeness (QED) is 0.702. The molecule has 0 aliphatic heterocycles. The van der Waals surface area contributed by atoms with Crippen molar-refractivity contribution in [2.75, 3.05) is 0 Å². The molecule has 0 atom stereocenters. The normalized spacial score (nSPS) is 11.5. The minimum Gasteiger partial charge on any atom is -0.506 e. The van der Waals surface area contributed by atoms with Crippen LogP contribution in [-0.4, -0.2) is 19.4 Å². The lowest BCUT2D eigenvalue weighted by Crippen LogP contribution is -1.76. The summed E-state index contributed by atoms with van der Waals surface area (Å²) in [6, 6.07) is 2.74. The van der Waals surface area contributed by atoms with E-state index < -0.39 is 0 Å². The third-order valence-corrected chi connectivity index (χ3v) is 3.75. The van der Waals surface area contributed by atoms with Crippen molar-refractivity contribution in [2.45, 2.75) is 0 Å². The summed E-state index contributed by atoms with van der Waals surface area (Å²) in [7, 11) is 0. The number of aromatic nitrogens is 3. The number of phenols is 1. The highest BCUT2D eigenvalue weighted by molar-refractivity contribution is 7.11. The lowest BCUT2D eigenvalue weighted by Gasteiger charge is -2.00. The molecule has 0 fully saturated rings. The van der Waals surface area contributed by atoms with Crippen LogP contribution in [0, 0.1) is 0 Å². The smallest absolute Gasteiger partial charge is 0.178 e. The van der Waals surface area contributed by atoms with Crippen LogP contribution in [0.15, 0.2) is 34.9 Å². The Morgan fingerprint density at radius 1 is 1.15 bits per heavy atom. The molecule has 0 radical (unpaired) electrons. The Balaban J connectivity index is 2.00. The first-order valence-electron chi connectivity index (χ1n) is 5.30. The Kier molecular flexibility index (Phi) is 3.47. The molecule has 2 heterocycles. The summed E-state index contributed by atoms with van der Waals surface area (Å²) in [5.74, 6) is -0.104. The molecule has 20 heavy (non-hydrogen) atoms. The number of fused-ring (bicyclic) bond motifs is 1. The van der Waals surface area contributed by atoms with Gasteiger partial charge in [0, 0.05) is 12.3 Å². The van der Waals surface area contributed by atoms with Crippen molar-refractivity contribution in [3.05, 3.63) is 34.7 Å². The molecule has 9 heteroatoms. The SMILES string of the molecule is Oc1cc(Cl)c(N=Nc2snc3ncncc23)cc1Cl. The van der Waals surface area contributed by atoms with Crippen LogP contribution in [0.5, 0.6) is 5.75 Å². The van der Waals surface area contributed by atoms with E-state index in [1.54, 1.807) is 6.20 Å². The minimum absolute atomic E-state index is 0.104. The Labute approximate surface area is 126 Å². The summed E-state index contributed by atoms with van der Waals surface area (Å²) >= 11 is 12.9. The van der Waals surface area contributed by atoms with Crippen molar-refractivity contribution in [1.29, 1.82) is 0 Å². The third kappa shape index (κ3) is 2.43. The molecule has 1 aromatic carbocycles. The topological polar surface area (TPSA) is 83.6 Å². The molecule has 0 aliphatic rings. The Bertz CT molecular complexity index is 820. The zero-order valence-corrected chi connectivity index (χ0v) is 12.0. The first-order valence-corrected chi connectivity index (χ1v) is 6.83. The van der Waals surface area contributed by atoms with Gasteiger partial charge in [0.1, 0.15) is 17.8 Å². The molecule has 0 spiro atoms. The Morgan fingerprint density at radius 2 is 2.00 bits per heavy atom. The molecule has 0 aliphatic carbocycles. The second kappa shape index (κ2) is 5.28. The summed E-state index contributed by atoms with van der Waals surface area (Å²) in [4.78, 5) is 7.92. The summed E-state index contributed by atoms with van der Waals surface area (Å²) in [5.41, 5.74) is 0.918. The number of halogens is 2. The Hall–Kier alpha value is -1.83. The largest absolute Gasteiger partial charge is 0.506 e. The number of azo groups is 1. The molecule has 3 rings (SSSR count). The number of benzene rings is 1. The first-order chi connectivity index (χ1) is 9.65. The average molecular weight is 326 g/mol. The predicted molar refractivity (Wildman–Crippen MR) is 77.5 cm³/mol. The van der Waals surface area contributed by atoms with E-state index >= 15 is 0 Å². The summed E-state index contributed by atoms with van der Waals surface area (Å²) in [6.07, 6.45) is 3.03. The molecule has 3 aromatic rings. The molecular formula is C11H5Cl2N5OS. The minimum atomic E-state index is -0.104. The van der Waals surface area contributed by atoms with Crippen molar-refractivity contribution in [1.82, 2.24) is 14.3 Å². The van der Waals surface area contributed by atoms with Crippen molar-refractivity contribution < 1.29 is 5.11 Å². The van der Waals surface area contributed by atoms with Crippen LogP contribution >= 0.6 is 34.7 Å². The monoisotopic (exact) mass is 325 g/mol. The van der Waals surface area contributed by atoms with Gasteiger partial charge in [-0.05, 0) is 17.6 Å². The predicted octanol–water partition coefficient (Wildman–Crippen LogP) is 4.51. The lowest BCUT2D eigenvalue weighted by atomic mass is 10.3. The van der Waals surface area contributed by atoms with Crippen molar-refractivity contribution >= 4 is 56.5 Å². The second-order valence-electron chi connectivity index (χ2n) is 3.70. The van der Waals surface area contributed by atoms with Crippen LogP contribution in [0.25, 0.3) is 11.0 Å². The van der Waals surface area contributed by atoms with E-state index in [9.17, 15) is 5.11 Å². The average Bonchev–Trinajstić information content (AvgIpc) is 2.85. The molecule has 0 saturated heterocycles. The molecule has 100 valence electrons. The maximum Gasteiger partial charge on any atom is 0.178 e. The summed E-state index contributed by atoms with van der Waals surface area (Å²) in [5, 5.41) is 19.2. The fourth-order valence-electron chi connectivity index (χ4n) is 1.46. The van der Waals surface area contributed by atoms with Crippen molar-refractivity contribution in [3.63, 3.8) is 0 Å². The molecule has 1 N–H and O–H groups in total. The molecular weight excluding hydrogens is 321 g/mol. The highest BCUT2D eigenvalue weighted by atomic mass is 35.5. The van der Waals surface area contributed by atoms with Gasteiger partial charge in [-0.2, -0.15) is 4.37 Å². The molecule has 6 nitrogen and oxygen atoms in total. The maximum absolute atomic E-state index is 9.40. The van der Waals surface area contributed by atoms with E-state index in [4.69, 9.17) is 23.2 Å². The van der Waals surface area contributed by atoms with Crippen molar-refractivity contribution in [3.8, 4) is 5.75 Å². The van der Waals surface area contributed by atoms with Crippen LogP contribution in [-0.2, 0) is 0 Å². The summed E-state index contributed by atoms with van der Waals surface area (Å²) in [6.45, 7) is 0. The van der Waals surface area contributed by atoms with Crippen LogP contribution < -0.4 is 0 Å². The van der Waals surface area contributed by atoms with Gasteiger partial charge in [0.15, 0.2) is 10.6 Å². The number of nitrogens with zero attached hydrogens (tertiary/aromatic N) is 5. The van der Waals surface area contributed by atoms with Gasteiger partial charge < -0.3 is 5.11 Å². The van der Waals surface area contributed by atoms with E-state index in [0.29, 0.717) is 21.7 Å². The molecule has 2 aromatic heterocycles. The zero-order chi connectivity index (χ0) is 14.1. The number of hydrogen-bond donors (Lipinski definition) is 1. The van der Waals surface area contributed by atoms with Crippen LogP contribution in [0.3, 0.4) is 0 Å². The van der Waals surface area contributed by atoms with Gasteiger partial charge in [0.05, 0.1) is 15.4 Å². The number of phenolic OH excluding ortho intramolecular Hbond substituents is 1. The van der Waals surface area contributed by atoms with Crippen LogP contribution in [0.1, 0.15) is 0 Å². The third-order valence-electron chi connectivity index (χ3n) is 2.41. The zero-order valence-electron chi connectivity index (χ0n) is 9.66. The maximum atomic E-state index is 9.40. The van der Waals surface area contributed by atoms with Gasteiger partial charge in [-0.3, -0.25) is 0 Å². The van der Waals surface area contributed by atoms with Gasteiger partial charge in [-0.15, -0.1) is 10.2 Å². The van der Waals surface area contributed by atoms with Crippen LogP contribution in [0.4, 0.5) is 10.7 Å². The number of rotatable bonds is 2. The fraction of sp³-hybridized carbons (Fsp3) is 0. The van der Waals surface area contributed by atoms with Gasteiger partial charge in [-0.25, -0.2) is 9.97 Å². The number of hydrogen-bond acceptors (Lipinski definition) is 7. The first kappa shape index (κ1) is 13.2. The summed E-state index contributed by atoms with van der Waals surface area (Å²) < 4.78 is 4.12. The van der Waals surface area contributed by atoms with Crippen molar-refractivity contribution in [2.24, 2.45) is 10.2 Å². The standard InChI is InChI=1S/C11H5Cl2N5OS/c12-6-2-9(19)7(13)1-8(6)16-17-11-5-3-14-4-15-10(5)18-20-11/h1-4,19H. The van der Waals surface area contributed by atoms with Gasteiger partial charge in [-0.1, -0.05) is 23.2 Å². The molecule has 0 saturated carbocycles. The van der Waals surface area contributed by atoms with Gasteiger partial charge in [0.2, 0.25) is 0 Å². The van der Waals surface area contributed by atoms with E-state index in [1.807, 2.05) is 0 Å². The fourth-order valence-corrected chi connectivity index (χ4v) is 2.45.